The van der Waals surface area contributed by atoms with Crippen LogP contribution in [-0.2, 0) is 19.5 Å². The lowest BCUT2D eigenvalue weighted by Crippen LogP contribution is -2.67. The maximum atomic E-state index is 2.43. The molecule has 0 saturated carbocycles. The summed E-state index contributed by atoms with van der Waals surface area (Å²) in [5.74, 6) is 0. The Hall–Kier alpha value is -2.20. The predicted octanol–water partition coefficient (Wildman–Crippen LogP) is 2.84. The second kappa shape index (κ2) is 8.27. The highest BCUT2D eigenvalue weighted by Gasteiger charge is 2.46. The maximum Gasteiger partial charge on any atom is 0.149 e. The van der Waals surface area contributed by atoms with E-state index < -0.39 is 8.07 Å². The summed E-state index contributed by atoms with van der Waals surface area (Å²) in [5.41, 5.74) is 4.53. The van der Waals surface area contributed by atoms with Crippen molar-refractivity contribution in [3.63, 3.8) is 0 Å². The second-order valence-corrected chi connectivity index (χ2v) is 12.8. The first kappa shape index (κ1) is 20.1. The molecule has 3 heteroatoms. The summed E-state index contributed by atoms with van der Waals surface area (Å²) in [6.45, 7) is 1.98. The van der Waals surface area contributed by atoms with Crippen LogP contribution in [0.15, 0.2) is 72.8 Å². The molecule has 1 heterocycles. The Bertz CT molecular complexity index is 940. The van der Waals surface area contributed by atoms with Crippen LogP contribution in [0.1, 0.15) is 16.7 Å². The lowest BCUT2D eigenvalue weighted by atomic mass is 10.2. The van der Waals surface area contributed by atoms with Crippen molar-refractivity contribution in [2.45, 2.75) is 25.6 Å². The van der Waals surface area contributed by atoms with Crippen molar-refractivity contribution in [2.24, 2.45) is 0 Å². The van der Waals surface area contributed by atoms with Gasteiger partial charge in [-0.15, -0.1) is 0 Å². The summed E-state index contributed by atoms with van der Waals surface area (Å²) in [5, 5.41) is 4.83. The first-order chi connectivity index (χ1) is 14.0. The Morgan fingerprint density at radius 2 is 1.07 bits per heavy atom. The van der Waals surface area contributed by atoms with Crippen LogP contribution in [0.3, 0.4) is 0 Å². The van der Waals surface area contributed by atoms with E-state index in [0.717, 1.165) is 13.1 Å². The summed E-state index contributed by atoms with van der Waals surface area (Å²) in [6.07, 6.45) is 1.19. The maximum absolute atomic E-state index is 2.43. The first-order valence-corrected chi connectivity index (χ1v) is 12.8. The molecular formula is C26H32N2Si. The monoisotopic (exact) mass is 400 g/mol. The number of aryl methyl sites for hydroxylation is 1. The summed E-state index contributed by atoms with van der Waals surface area (Å²) in [7, 11) is 6.62. The third kappa shape index (κ3) is 3.70. The van der Waals surface area contributed by atoms with Crippen molar-refractivity contribution < 1.29 is 0 Å². The van der Waals surface area contributed by atoms with Gasteiger partial charge in [0, 0.05) is 13.1 Å². The molecule has 0 spiro atoms. The Balaban J connectivity index is 2.01. The van der Waals surface area contributed by atoms with Crippen molar-refractivity contribution in [3.8, 4) is 0 Å². The first-order valence-electron chi connectivity index (χ1n) is 10.6. The molecule has 29 heavy (non-hydrogen) atoms. The molecule has 0 unspecified atom stereocenters. The lowest BCUT2D eigenvalue weighted by Gasteiger charge is -2.34. The summed E-state index contributed by atoms with van der Waals surface area (Å²) in [6, 6.07) is 29.0. The van der Waals surface area contributed by atoms with Gasteiger partial charge in [0.2, 0.25) is 0 Å². The van der Waals surface area contributed by atoms with Crippen LogP contribution < -0.4 is 15.6 Å². The van der Waals surface area contributed by atoms with Gasteiger partial charge in [0.05, 0.1) is 0 Å². The third-order valence-corrected chi connectivity index (χ3v) is 11.4. The number of hydrogen-bond acceptors (Lipinski definition) is 2. The van der Waals surface area contributed by atoms with Gasteiger partial charge in [-0.25, -0.2) is 0 Å². The topological polar surface area (TPSA) is 6.48 Å². The fraction of sp³-hybridized carbons (Fsp3) is 0.308. The molecular weight excluding hydrogens is 368 g/mol. The van der Waals surface area contributed by atoms with Crippen molar-refractivity contribution in [3.05, 3.63) is 89.5 Å². The highest BCUT2D eigenvalue weighted by Crippen LogP contribution is 2.26. The molecule has 1 aliphatic heterocycles. The van der Waals surface area contributed by atoms with E-state index in [4.69, 9.17) is 0 Å². The minimum Gasteiger partial charge on any atom is -0.305 e. The minimum absolute atomic E-state index is 0.989. The molecule has 0 radical (unpaired) electrons. The van der Waals surface area contributed by atoms with Crippen molar-refractivity contribution in [2.75, 3.05) is 28.2 Å². The predicted molar refractivity (Wildman–Crippen MR) is 127 cm³/mol. The number of nitrogens with zero attached hydrogens (tertiary/aromatic N) is 2. The van der Waals surface area contributed by atoms with E-state index in [1.165, 1.54) is 23.6 Å². The number of rotatable bonds is 6. The Kier molecular flexibility index (Phi) is 5.73. The van der Waals surface area contributed by atoms with Gasteiger partial charge in [0.1, 0.15) is 8.07 Å². The molecule has 3 aromatic carbocycles. The van der Waals surface area contributed by atoms with E-state index >= 15 is 0 Å². The summed E-state index contributed by atoms with van der Waals surface area (Å²) in [4.78, 5) is 4.60. The zero-order chi connectivity index (χ0) is 20.4. The molecule has 150 valence electrons. The standard InChI is InChI=1S/C26H32N2Si/c1-27(2)19-22-12-6-9-15-25(22)29(18-17-21-11-5-8-14-24(21)29)26-16-10-7-13-23(26)20-28(3)4/h5-16H,17-20H2,1-4H3. The molecule has 2 nitrogen and oxygen atoms in total. The molecule has 4 rings (SSSR count). The molecule has 0 bridgehead atoms. The van der Waals surface area contributed by atoms with E-state index in [1.807, 2.05) is 0 Å². The fourth-order valence-corrected chi connectivity index (χ4v) is 10.8. The van der Waals surface area contributed by atoms with Gasteiger partial charge >= 0.3 is 0 Å². The minimum atomic E-state index is -2.08. The van der Waals surface area contributed by atoms with Gasteiger partial charge in [-0.1, -0.05) is 72.8 Å². The number of fused-ring (bicyclic) bond motifs is 1. The molecule has 0 saturated heterocycles. The SMILES string of the molecule is CN(C)Cc1ccccc1[Si]1(c2ccccc2CN(C)C)CCc2ccccc21. The average Bonchev–Trinajstić information content (AvgIpc) is 3.08. The van der Waals surface area contributed by atoms with Gasteiger partial charge in [0.25, 0.3) is 0 Å². The normalized spacial score (nSPS) is 15.1. The van der Waals surface area contributed by atoms with Gasteiger partial charge in [-0.3, -0.25) is 0 Å². The summed E-state index contributed by atoms with van der Waals surface area (Å²) < 4.78 is 0. The van der Waals surface area contributed by atoms with Crippen LogP contribution in [0.5, 0.6) is 0 Å². The smallest absolute Gasteiger partial charge is 0.149 e. The molecule has 0 N–H and O–H groups in total. The van der Waals surface area contributed by atoms with E-state index in [1.54, 1.807) is 21.1 Å². The van der Waals surface area contributed by atoms with E-state index in [9.17, 15) is 0 Å². The molecule has 0 aromatic heterocycles. The van der Waals surface area contributed by atoms with Gasteiger partial charge < -0.3 is 9.80 Å². The largest absolute Gasteiger partial charge is 0.305 e. The molecule has 0 fully saturated rings. The zero-order valence-electron chi connectivity index (χ0n) is 18.2. The fourth-order valence-electron chi connectivity index (χ4n) is 5.15. The molecule has 0 aliphatic carbocycles. The third-order valence-electron chi connectivity index (χ3n) is 6.17. The van der Waals surface area contributed by atoms with Crippen LogP contribution in [0.2, 0.25) is 6.04 Å². The van der Waals surface area contributed by atoms with Gasteiger partial charge in [-0.05, 0) is 72.9 Å². The highest BCUT2D eigenvalue weighted by molar-refractivity contribution is 7.12. The van der Waals surface area contributed by atoms with E-state index in [2.05, 4.69) is 111 Å². The number of benzene rings is 3. The van der Waals surface area contributed by atoms with Crippen molar-refractivity contribution in [1.29, 1.82) is 0 Å². The lowest BCUT2D eigenvalue weighted by molar-refractivity contribution is 0.403. The van der Waals surface area contributed by atoms with Crippen LogP contribution in [-0.4, -0.2) is 46.1 Å². The molecule has 0 atom stereocenters. The van der Waals surface area contributed by atoms with E-state index in [0.29, 0.717) is 0 Å². The second-order valence-electron chi connectivity index (χ2n) is 8.85. The Morgan fingerprint density at radius 1 is 0.621 bits per heavy atom. The van der Waals surface area contributed by atoms with Crippen LogP contribution in [0, 0.1) is 0 Å². The van der Waals surface area contributed by atoms with Crippen molar-refractivity contribution >= 4 is 23.6 Å². The average molecular weight is 401 g/mol. The quantitative estimate of drug-likeness (QED) is 0.587. The van der Waals surface area contributed by atoms with Gasteiger partial charge in [-0.2, -0.15) is 0 Å². The Morgan fingerprint density at radius 3 is 1.59 bits per heavy atom. The zero-order valence-corrected chi connectivity index (χ0v) is 19.2. The van der Waals surface area contributed by atoms with Crippen LogP contribution >= 0.6 is 0 Å². The highest BCUT2D eigenvalue weighted by atomic mass is 28.3. The van der Waals surface area contributed by atoms with Crippen LogP contribution in [0.4, 0.5) is 0 Å². The van der Waals surface area contributed by atoms with E-state index in [-0.39, 0.29) is 0 Å². The molecule has 1 aliphatic rings. The Labute approximate surface area is 176 Å². The molecule has 0 amide bonds. The van der Waals surface area contributed by atoms with Crippen molar-refractivity contribution in [1.82, 2.24) is 9.80 Å². The molecule has 3 aromatic rings. The van der Waals surface area contributed by atoms with Gasteiger partial charge in [0.15, 0.2) is 0 Å². The number of hydrogen-bond donors (Lipinski definition) is 0. The summed E-state index contributed by atoms with van der Waals surface area (Å²) >= 11 is 0. The van der Waals surface area contributed by atoms with Crippen LogP contribution in [0.25, 0.3) is 0 Å².